The molecular weight excluding hydrogens is 382 g/mol. The lowest BCUT2D eigenvalue weighted by Gasteiger charge is -2.09. The van der Waals surface area contributed by atoms with Crippen LogP contribution in [0.4, 0.5) is 5.82 Å². The van der Waals surface area contributed by atoms with Crippen molar-refractivity contribution in [3.63, 3.8) is 0 Å². The van der Waals surface area contributed by atoms with Crippen molar-refractivity contribution < 1.29 is 9.21 Å². The summed E-state index contributed by atoms with van der Waals surface area (Å²) in [5, 5.41) is 7.26. The van der Waals surface area contributed by atoms with Crippen molar-refractivity contribution in [1.29, 1.82) is 0 Å². The molecule has 2 aromatic carbocycles. The molecule has 0 unspecified atom stereocenters. The fourth-order valence-electron chi connectivity index (χ4n) is 2.93. The van der Waals surface area contributed by atoms with Gasteiger partial charge in [-0.3, -0.25) is 4.79 Å². The van der Waals surface area contributed by atoms with Crippen LogP contribution >= 0.6 is 11.8 Å². The predicted octanol–water partition coefficient (Wildman–Crippen LogP) is 5.38. The van der Waals surface area contributed by atoms with Crippen LogP contribution in [0.2, 0.25) is 0 Å². The number of nitrogens with zero attached hydrogens (tertiary/aromatic N) is 2. The summed E-state index contributed by atoms with van der Waals surface area (Å²) in [6.07, 6.45) is 3.23. The Morgan fingerprint density at radius 3 is 2.66 bits per heavy atom. The molecule has 0 aliphatic heterocycles. The molecule has 0 saturated carbocycles. The smallest absolute Gasteiger partial charge is 0.292 e. The highest BCUT2D eigenvalue weighted by Gasteiger charge is 2.17. The lowest BCUT2D eigenvalue weighted by Crippen LogP contribution is -2.16. The summed E-state index contributed by atoms with van der Waals surface area (Å²) in [4.78, 5) is 13.9. The van der Waals surface area contributed by atoms with E-state index in [9.17, 15) is 4.79 Å². The van der Waals surface area contributed by atoms with Crippen LogP contribution in [0.3, 0.4) is 0 Å². The summed E-state index contributed by atoms with van der Waals surface area (Å²) in [6.45, 7) is 2.64. The van der Waals surface area contributed by atoms with Crippen molar-refractivity contribution in [2.24, 2.45) is 0 Å². The van der Waals surface area contributed by atoms with Gasteiger partial charge in [0.25, 0.3) is 5.91 Å². The third-order valence-corrected chi connectivity index (χ3v) is 5.56. The molecule has 0 radical (unpaired) electrons. The van der Waals surface area contributed by atoms with E-state index in [4.69, 9.17) is 4.42 Å². The molecule has 146 valence electrons. The van der Waals surface area contributed by atoms with Crippen LogP contribution in [0.15, 0.2) is 88.5 Å². The molecule has 0 aliphatic carbocycles. The van der Waals surface area contributed by atoms with Gasteiger partial charge in [-0.05, 0) is 30.7 Å². The van der Waals surface area contributed by atoms with Gasteiger partial charge in [0.2, 0.25) is 0 Å². The number of carbonyl (C=O) groups excluding carboxylic acids is 1. The van der Waals surface area contributed by atoms with E-state index >= 15 is 0 Å². The molecule has 0 saturated heterocycles. The molecule has 0 atom stereocenters. The largest absolute Gasteiger partial charge is 0.459 e. The third-order valence-electron chi connectivity index (χ3n) is 4.50. The maximum absolute atomic E-state index is 12.8. The van der Waals surface area contributed by atoms with Crippen LogP contribution in [0.25, 0.3) is 0 Å². The molecule has 0 aliphatic rings. The Bertz CT molecular complexity index is 1080. The van der Waals surface area contributed by atoms with Crippen molar-refractivity contribution >= 4 is 23.5 Å². The van der Waals surface area contributed by atoms with Crippen LogP contribution in [0.5, 0.6) is 0 Å². The van der Waals surface area contributed by atoms with Crippen molar-refractivity contribution in [1.82, 2.24) is 9.78 Å². The van der Waals surface area contributed by atoms with Crippen molar-refractivity contribution in [2.45, 2.75) is 24.1 Å². The lowest BCUT2D eigenvalue weighted by molar-refractivity contribution is 0.0994. The Hall–Kier alpha value is -3.25. The molecule has 4 aromatic rings. The SMILES string of the molecule is Cc1ccc(Cn2nccc2NC(=O)c2occc2CSc2ccccc2)cc1. The summed E-state index contributed by atoms with van der Waals surface area (Å²) >= 11 is 1.67. The maximum Gasteiger partial charge on any atom is 0.292 e. The number of aromatic nitrogens is 2. The summed E-state index contributed by atoms with van der Waals surface area (Å²) in [7, 11) is 0. The van der Waals surface area contributed by atoms with E-state index in [1.807, 2.05) is 36.4 Å². The fourth-order valence-corrected chi connectivity index (χ4v) is 3.83. The molecule has 6 heteroatoms. The Balaban J connectivity index is 1.43. The second kappa shape index (κ2) is 8.84. The monoisotopic (exact) mass is 403 g/mol. The molecule has 1 amide bonds. The van der Waals surface area contributed by atoms with Gasteiger partial charge >= 0.3 is 0 Å². The number of amides is 1. The Morgan fingerprint density at radius 1 is 1.07 bits per heavy atom. The first kappa shape index (κ1) is 19.1. The summed E-state index contributed by atoms with van der Waals surface area (Å²) in [6, 6.07) is 22.0. The molecule has 0 spiro atoms. The molecule has 0 bridgehead atoms. The Labute approximate surface area is 173 Å². The molecular formula is C23H21N3O2S. The minimum absolute atomic E-state index is 0.274. The normalized spacial score (nSPS) is 10.8. The van der Waals surface area contributed by atoms with Crippen molar-refractivity contribution in [3.05, 3.63) is 102 Å². The van der Waals surface area contributed by atoms with E-state index in [1.165, 1.54) is 5.56 Å². The number of aryl methyl sites for hydroxylation is 1. The molecule has 5 nitrogen and oxygen atoms in total. The maximum atomic E-state index is 12.8. The van der Waals surface area contributed by atoms with Gasteiger partial charge in [0, 0.05) is 22.3 Å². The number of carbonyl (C=O) groups is 1. The number of benzene rings is 2. The Kier molecular flexibility index (Phi) is 5.81. The molecule has 1 N–H and O–H groups in total. The number of furan rings is 1. The van der Waals surface area contributed by atoms with Gasteiger partial charge in [0.05, 0.1) is 19.0 Å². The predicted molar refractivity (Wildman–Crippen MR) is 115 cm³/mol. The minimum atomic E-state index is -0.274. The Morgan fingerprint density at radius 2 is 1.86 bits per heavy atom. The van der Waals surface area contributed by atoms with Crippen LogP contribution in [-0.4, -0.2) is 15.7 Å². The molecule has 2 heterocycles. The first-order chi connectivity index (χ1) is 14.2. The van der Waals surface area contributed by atoms with E-state index in [2.05, 4.69) is 41.6 Å². The molecule has 29 heavy (non-hydrogen) atoms. The highest BCUT2D eigenvalue weighted by molar-refractivity contribution is 7.98. The van der Waals surface area contributed by atoms with Gasteiger partial charge in [-0.25, -0.2) is 4.68 Å². The van der Waals surface area contributed by atoms with Crippen LogP contribution in [0.1, 0.15) is 27.2 Å². The van der Waals surface area contributed by atoms with Crippen LogP contribution in [0, 0.1) is 6.92 Å². The second-order valence-corrected chi connectivity index (χ2v) is 7.74. The van der Waals surface area contributed by atoms with Gasteiger partial charge in [-0.2, -0.15) is 5.10 Å². The zero-order valence-electron chi connectivity index (χ0n) is 16.0. The first-order valence-corrected chi connectivity index (χ1v) is 10.3. The van der Waals surface area contributed by atoms with Gasteiger partial charge in [0.1, 0.15) is 5.82 Å². The molecule has 2 aromatic heterocycles. The van der Waals surface area contributed by atoms with Gasteiger partial charge in [0.15, 0.2) is 5.76 Å². The van der Waals surface area contributed by atoms with E-state index in [0.717, 1.165) is 16.0 Å². The number of thioether (sulfide) groups is 1. The highest BCUT2D eigenvalue weighted by atomic mass is 32.2. The van der Waals surface area contributed by atoms with Gasteiger partial charge in [-0.15, -0.1) is 11.8 Å². The van der Waals surface area contributed by atoms with Gasteiger partial charge < -0.3 is 9.73 Å². The number of hydrogen-bond acceptors (Lipinski definition) is 4. The third kappa shape index (κ3) is 4.78. The minimum Gasteiger partial charge on any atom is -0.459 e. The number of hydrogen-bond donors (Lipinski definition) is 1. The van der Waals surface area contributed by atoms with Crippen molar-refractivity contribution in [2.75, 3.05) is 5.32 Å². The van der Waals surface area contributed by atoms with Crippen LogP contribution < -0.4 is 5.32 Å². The zero-order chi connectivity index (χ0) is 20.1. The second-order valence-electron chi connectivity index (χ2n) is 6.69. The number of anilines is 1. The first-order valence-electron chi connectivity index (χ1n) is 9.32. The zero-order valence-corrected chi connectivity index (χ0v) is 16.9. The number of rotatable bonds is 7. The topological polar surface area (TPSA) is 60.1 Å². The van der Waals surface area contributed by atoms with Crippen molar-refractivity contribution in [3.8, 4) is 0 Å². The average Bonchev–Trinajstić information content (AvgIpc) is 3.38. The van der Waals surface area contributed by atoms with E-state index in [0.29, 0.717) is 23.9 Å². The molecule has 4 rings (SSSR count). The van der Waals surface area contributed by atoms with E-state index < -0.39 is 0 Å². The molecule has 0 fully saturated rings. The number of nitrogens with one attached hydrogen (secondary N) is 1. The summed E-state index contributed by atoms with van der Waals surface area (Å²) in [5.41, 5.74) is 3.19. The highest BCUT2D eigenvalue weighted by Crippen LogP contribution is 2.25. The van der Waals surface area contributed by atoms with E-state index in [-0.39, 0.29) is 5.91 Å². The van der Waals surface area contributed by atoms with Gasteiger partial charge in [-0.1, -0.05) is 48.0 Å². The van der Waals surface area contributed by atoms with E-state index in [1.54, 1.807) is 35.0 Å². The summed E-state index contributed by atoms with van der Waals surface area (Å²) < 4.78 is 7.25. The fraction of sp³-hybridized carbons (Fsp3) is 0.130. The van der Waals surface area contributed by atoms with Crippen LogP contribution in [-0.2, 0) is 12.3 Å². The summed E-state index contributed by atoms with van der Waals surface area (Å²) in [5.74, 6) is 1.35. The standard InChI is InChI=1S/C23H21N3O2S/c1-17-7-9-18(10-8-17)15-26-21(11-13-24-26)25-23(27)22-19(12-14-28-22)16-29-20-5-3-2-4-6-20/h2-14H,15-16H2,1H3,(H,25,27). The quantitative estimate of drug-likeness (QED) is 0.421. The average molecular weight is 404 g/mol. The lowest BCUT2D eigenvalue weighted by atomic mass is 10.1.